The van der Waals surface area contributed by atoms with Crippen molar-refractivity contribution in [3.05, 3.63) is 41.2 Å². The van der Waals surface area contributed by atoms with E-state index in [1.54, 1.807) is 6.07 Å². The van der Waals surface area contributed by atoms with Crippen molar-refractivity contribution in [3.8, 4) is 0 Å². The van der Waals surface area contributed by atoms with Gasteiger partial charge in [0.05, 0.1) is 18.3 Å². The summed E-state index contributed by atoms with van der Waals surface area (Å²) < 4.78 is 16.5. The van der Waals surface area contributed by atoms with Crippen molar-refractivity contribution in [2.45, 2.75) is 59.7 Å². The molecule has 8 heteroatoms. The Balaban J connectivity index is 1.72. The zero-order valence-corrected chi connectivity index (χ0v) is 17.9. The van der Waals surface area contributed by atoms with E-state index in [9.17, 15) is 4.39 Å². The molecule has 7 nitrogen and oxygen atoms in total. The summed E-state index contributed by atoms with van der Waals surface area (Å²) in [6.07, 6.45) is 2.03. The van der Waals surface area contributed by atoms with Gasteiger partial charge in [-0.15, -0.1) is 0 Å². The molecule has 158 valence electrons. The molecule has 2 heterocycles. The molecule has 0 saturated carbocycles. The molecule has 2 aromatic rings. The fourth-order valence-electron chi connectivity index (χ4n) is 3.73. The van der Waals surface area contributed by atoms with E-state index in [2.05, 4.69) is 25.7 Å². The standard InChI is InChI=1S/C21H32FN7/c1-5-23-21(26-18-9-8-12-29-20(18)25-15(4)27-29)24-14-16-10-11-19(17(22)13-16)28(6-2)7-3/h10-11,13,18H,5-9,12,14H2,1-4H3,(H2,23,24,26). The Labute approximate surface area is 172 Å². The molecule has 2 N–H and O–H groups in total. The quantitative estimate of drug-likeness (QED) is 0.551. The predicted molar refractivity (Wildman–Crippen MR) is 115 cm³/mol. The van der Waals surface area contributed by atoms with Gasteiger partial charge in [0.1, 0.15) is 17.5 Å². The third-order valence-corrected chi connectivity index (χ3v) is 5.17. The molecule has 1 aromatic heterocycles. The van der Waals surface area contributed by atoms with Crippen LogP contribution in [0.3, 0.4) is 0 Å². The van der Waals surface area contributed by atoms with Crippen molar-refractivity contribution < 1.29 is 4.39 Å². The smallest absolute Gasteiger partial charge is 0.192 e. The molecule has 0 spiro atoms. The van der Waals surface area contributed by atoms with E-state index < -0.39 is 0 Å². The fourth-order valence-corrected chi connectivity index (χ4v) is 3.73. The van der Waals surface area contributed by atoms with E-state index >= 15 is 0 Å². The summed E-state index contributed by atoms with van der Waals surface area (Å²) in [5.74, 6) is 2.25. The van der Waals surface area contributed by atoms with E-state index in [1.165, 1.54) is 0 Å². The first-order chi connectivity index (χ1) is 14.0. The second-order valence-electron chi connectivity index (χ2n) is 7.23. The Morgan fingerprint density at radius 3 is 2.79 bits per heavy atom. The summed E-state index contributed by atoms with van der Waals surface area (Å²) >= 11 is 0. The van der Waals surface area contributed by atoms with E-state index in [-0.39, 0.29) is 11.9 Å². The predicted octanol–water partition coefficient (Wildman–Crippen LogP) is 3.16. The Bertz CT molecular complexity index is 842. The number of anilines is 1. The third-order valence-electron chi connectivity index (χ3n) is 5.17. The molecular weight excluding hydrogens is 369 g/mol. The van der Waals surface area contributed by atoms with Crippen LogP contribution in [0.5, 0.6) is 0 Å². The lowest BCUT2D eigenvalue weighted by Crippen LogP contribution is -2.41. The molecule has 3 rings (SSSR count). The first kappa shape index (κ1) is 21.1. The third kappa shape index (κ3) is 5.05. The summed E-state index contributed by atoms with van der Waals surface area (Å²) in [7, 11) is 0. The molecule has 0 amide bonds. The molecule has 29 heavy (non-hydrogen) atoms. The lowest BCUT2D eigenvalue weighted by molar-refractivity contribution is 0.397. The van der Waals surface area contributed by atoms with Crippen molar-refractivity contribution in [2.75, 3.05) is 24.5 Å². The minimum Gasteiger partial charge on any atom is -0.370 e. The van der Waals surface area contributed by atoms with Crippen molar-refractivity contribution in [1.82, 2.24) is 25.4 Å². The Morgan fingerprint density at radius 1 is 1.31 bits per heavy atom. The van der Waals surface area contributed by atoms with Crippen LogP contribution in [-0.2, 0) is 13.1 Å². The summed E-state index contributed by atoms with van der Waals surface area (Å²) in [6.45, 7) is 11.6. The lowest BCUT2D eigenvalue weighted by Gasteiger charge is -2.25. The van der Waals surface area contributed by atoms with Gasteiger partial charge in [-0.2, -0.15) is 5.10 Å². The van der Waals surface area contributed by atoms with Crippen LogP contribution in [0.1, 0.15) is 56.9 Å². The number of aromatic nitrogens is 3. The monoisotopic (exact) mass is 401 g/mol. The van der Waals surface area contributed by atoms with Crippen LogP contribution in [0.4, 0.5) is 10.1 Å². The van der Waals surface area contributed by atoms with Crippen molar-refractivity contribution in [1.29, 1.82) is 0 Å². The van der Waals surface area contributed by atoms with E-state index in [0.29, 0.717) is 18.2 Å². The maximum absolute atomic E-state index is 14.5. The van der Waals surface area contributed by atoms with Crippen LogP contribution < -0.4 is 15.5 Å². The van der Waals surface area contributed by atoms with Gasteiger partial charge in [0.15, 0.2) is 5.96 Å². The molecule has 0 bridgehead atoms. The average Bonchev–Trinajstić information content (AvgIpc) is 3.10. The topological polar surface area (TPSA) is 70.4 Å². The molecule has 1 aliphatic rings. The maximum atomic E-state index is 14.5. The average molecular weight is 402 g/mol. The zero-order valence-electron chi connectivity index (χ0n) is 17.9. The number of aliphatic imine (C=N–C) groups is 1. The fraction of sp³-hybridized carbons (Fsp3) is 0.571. The van der Waals surface area contributed by atoms with Crippen LogP contribution in [0.15, 0.2) is 23.2 Å². The molecule has 0 aliphatic carbocycles. The number of nitrogens with zero attached hydrogens (tertiary/aromatic N) is 5. The highest BCUT2D eigenvalue weighted by molar-refractivity contribution is 5.80. The first-order valence-electron chi connectivity index (χ1n) is 10.5. The highest BCUT2D eigenvalue weighted by Gasteiger charge is 2.24. The number of hydrogen-bond acceptors (Lipinski definition) is 4. The highest BCUT2D eigenvalue weighted by atomic mass is 19.1. The Kier molecular flexibility index (Phi) is 7.06. The Hall–Kier alpha value is -2.64. The lowest BCUT2D eigenvalue weighted by atomic mass is 10.1. The van der Waals surface area contributed by atoms with Crippen LogP contribution in [-0.4, -0.2) is 40.4 Å². The van der Waals surface area contributed by atoms with E-state index in [4.69, 9.17) is 0 Å². The second kappa shape index (κ2) is 9.71. The van der Waals surface area contributed by atoms with Gasteiger partial charge in [0.2, 0.25) is 0 Å². The van der Waals surface area contributed by atoms with E-state index in [1.807, 2.05) is 49.4 Å². The van der Waals surface area contributed by atoms with Gasteiger partial charge in [-0.1, -0.05) is 6.07 Å². The SMILES string of the molecule is CCNC(=NCc1ccc(N(CC)CC)c(F)c1)NC1CCCn2nc(C)nc21. The normalized spacial score (nSPS) is 16.4. The van der Waals surface area contributed by atoms with Crippen molar-refractivity contribution >= 4 is 11.6 Å². The van der Waals surface area contributed by atoms with Gasteiger partial charge in [0.25, 0.3) is 0 Å². The minimum absolute atomic E-state index is 0.0736. The second-order valence-corrected chi connectivity index (χ2v) is 7.23. The molecular formula is C21H32FN7. The number of hydrogen-bond donors (Lipinski definition) is 2. The minimum atomic E-state index is -0.199. The summed E-state index contributed by atoms with van der Waals surface area (Å²) in [5.41, 5.74) is 1.49. The van der Waals surface area contributed by atoms with E-state index in [0.717, 1.165) is 56.2 Å². The van der Waals surface area contributed by atoms with Gasteiger partial charge in [-0.05, 0) is 58.2 Å². The summed E-state index contributed by atoms with van der Waals surface area (Å²) in [5, 5.41) is 11.2. The number of nitrogens with one attached hydrogen (secondary N) is 2. The molecule has 0 radical (unpaired) electrons. The summed E-state index contributed by atoms with van der Waals surface area (Å²) in [6, 6.07) is 5.45. The molecule has 0 fully saturated rings. The number of guanidine groups is 1. The van der Waals surface area contributed by atoms with Crippen molar-refractivity contribution in [3.63, 3.8) is 0 Å². The Morgan fingerprint density at radius 2 is 2.10 bits per heavy atom. The molecule has 0 saturated heterocycles. The van der Waals surface area contributed by atoms with Gasteiger partial charge >= 0.3 is 0 Å². The number of fused-ring (bicyclic) bond motifs is 1. The largest absolute Gasteiger partial charge is 0.370 e. The maximum Gasteiger partial charge on any atom is 0.192 e. The molecule has 1 aliphatic heterocycles. The number of rotatable bonds is 7. The summed E-state index contributed by atoms with van der Waals surface area (Å²) in [4.78, 5) is 11.2. The molecule has 1 atom stereocenters. The first-order valence-corrected chi connectivity index (χ1v) is 10.5. The van der Waals surface area contributed by atoms with Gasteiger partial charge in [0, 0.05) is 26.2 Å². The van der Waals surface area contributed by atoms with Gasteiger partial charge in [-0.25, -0.2) is 19.0 Å². The van der Waals surface area contributed by atoms with Gasteiger partial charge in [-0.3, -0.25) is 0 Å². The number of halogens is 1. The number of aryl methyl sites for hydroxylation is 2. The van der Waals surface area contributed by atoms with Gasteiger partial charge < -0.3 is 15.5 Å². The van der Waals surface area contributed by atoms with Crippen LogP contribution in [0.25, 0.3) is 0 Å². The highest BCUT2D eigenvalue weighted by Crippen LogP contribution is 2.23. The van der Waals surface area contributed by atoms with Crippen LogP contribution >= 0.6 is 0 Å². The number of benzene rings is 1. The molecule has 1 aromatic carbocycles. The van der Waals surface area contributed by atoms with Crippen LogP contribution in [0.2, 0.25) is 0 Å². The zero-order chi connectivity index (χ0) is 20.8. The van der Waals surface area contributed by atoms with Crippen LogP contribution in [0, 0.1) is 12.7 Å². The molecule has 1 unspecified atom stereocenters. The van der Waals surface area contributed by atoms with Crippen molar-refractivity contribution in [2.24, 2.45) is 4.99 Å².